The Hall–Kier alpha value is -0.530. The van der Waals surface area contributed by atoms with Crippen LogP contribution in [0.5, 0.6) is 5.75 Å². The Labute approximate surface area is 126 Å². The van der Waals surface area contributed by atoms with Crippen LogP contribution in [0.25, 0.3) is 0 Å². The summed E-state index contributed by atoms with van der Waals surface area (Å²) in [6.45, 7) is 0.671. The van der Waals surface area contributed by atoms with Gasteiger partial charge in [-0.2, -0.15) is 0 Å². The summed E-state index contributed by atoms with van der Waals surface area (Å²) in [5, 5.41) is 3.10. The largest absolute Gasteiger partial charge is 0.488 e. The molecule has 1 fully saturated rings. The number of para-hydroxylation sites is 1. The first kappa shape index (κ1) is 15.5. The molecule has 0 aliphatic carbocycles. The van der Waals surface area contributed by atoms with Crippen LogP contribution in [0.1, 0.15) is 6.42 Å². The molecule has 1 heterocycles. The lowest BCUT2D eigenvalue weighted by Crippen LogP contribution is -2.31. The molecule has 100 valence electrons. The number of halogens is 2. The van der Waals surface area contributed by atoms with Crippen molar-refractivity contribution in [2.45, 2.75) is 18.6 Å². The molecule has 2 rings (SSSR count). The molecule has 0 bridgehead atoms. The average Bonchev–Trinajstić information content (AvgIpc) is 2.80. The number of carbonyl (C=O) groups excluding carboxylic acids is 1. The highest BCUT2D eigenvalue weighted by Crippen LogP contribution is 2.23. The van der Waals surface area contributed by atoms with Gasteiger partial charge in [-0.1, -0.05) is 12.1 Å². The Morgan fingerprint density at radius 3 is 2.83 bits per heavy atom. The van der Waals surface area contributed by atoms with Gasteiger partial charge in [-0.05, 0) is 34.7 Å². The number of methoxy groups -OCH3 is 1. The number of nitrogens with one attached hydrogen (secondary N) is 1. The minimum atomic E-state index is -0.244. The molecule has 4 nitrogen and oxygen atoms in total. The zero-order valence-corrected chi connectivity index (χ0v) is 12.9. The van der Waals surface area contributed by atoms with Crippen LogP contribution in [0.2, 0.25) is 0 Å². The van der Waals surface area contributed by atoms with E-state index in [1.165, 1.54) is 7.11 Å². The van der Waals surface area contributed by atoms with Gasteiger partial charge in [0.1, 0.15) is 17.9 Å². The molecule has 2 atom stereocenters. The van der Waals surface area contributed by atoms with E-state index in [4.69, 9.17) is 9.47 Å². The van der Waals surface area contributed by atoms with Gasteiger partial charge in [0.25, 0.3) is 0 Å². The van der Waals surface area contributed by atoms with Crippen molar-refractivity contribution in [1.29, 1.82) is 0 Å². The number of ether oxygens (including phenoxy) is 2. The standard InChI is InChI=1S/C12H14INO3.ClH/c1-16-12(15)10-6-8(7-14-10)17-11-5-3-2-4-9(11)13;/h2-5,8,10,14H,6-7H2,1H3;1H/t8-,10-;/m0./s1. The Bertz CT molecular complexity index is 416. The second-order valence-electron chi connectivity index (χ2n) is 3.89. The van der Waals surface area contributed by atoms with E-state index in [1.54, 1.807) is 0 Å². The van der Waals surface area contributed by atoms with E-state index < -0.39 is 0 Å². The van der Waals surface area contributed by atoms with Crippen molar-refractivity contribution in [3.8, 4) is 5.75 Å². The molecule has 0 aromatic heterocycles. The molecular formula is C12H15ClINO3. The maximum atomic E-state index is 11.3. The van der Waals surface area contributed by atoms with Crippen LogP contribution in [0.3, 0.4) is 0 Å². The van der Waals surface area contributed by atoms with Crippen LogP contribution >= 0.6 is 35.0 Å². The zero-order chi connectivity index (χ0) is 12.3. The average molecular weight is 384 g/mol. The SMILES string of the molecule is COC(=O)[C@@H]1C[C@H](Oc2ccccc2I)CN1.Cl. The maximum Gasteiger partial charge on any atom is 0.323 e. The monoisotopic (exact) mass is 383 g/mol. The molecule has 1 aromatic carbocycles. The first-order chi connectivity index (χ1) is 8.20. The molecule has 6 heteroatoms. The molecule has 1 N–H and O–H groups in total. The summed E-state index contributed by atoms with van der Waals surface area (Å²) in [6.07, 6.45) is 0.674. The summed E-state index contributed by atoms with van der Waals surface area (Å²) in [7, 11) is 1.40. The summed E-state index contributed by atoms with van der Waals surface area (Å²) in [4.78, 5) is 11.3. The molecule has 0 spiro atoms. The molecule has 1 saturated heterocycles. The van der Waals surface area contributed by atoms with Gasteiger partial charge in [-0.25, -0.2) is 0 Å². The van der Waals surface area contributed by atoms with Crippen molar-refractivity contribution in [3.05, 3.63) is 27.8 Å². The highest BCUT2D eigenvalue weighted by atomic mass is 127. The van der Waals surface area contributed by atoms with Gasteiger partial charge in [0.2, 0.25) is 0 Å². The van der Waals surface area contributed by atoms with Gasteiger partial charge >= 0.3 is 5.97 Å². The quantitative estimate of drug-likeness (QED) is 0.641. The second kappa shape index (κ2) is 7.16. The minimum Gasteiger partial charge on any atom is -0.488 e. The Morgan fingerprint density at radius 1 is 1.44 bits per heavy atom. The second-order valence-corrected chi connectivity index (χ2v) is 5.05. The van der Waals surface area contributed by atoms with Crippen molar-refractivity contribution < 1.29 is 14.3 Å². The molecule has 1 aliphatic heterocycles. The van der Waals surface area contributed by atoms with E-state index in [-0.39, 0.29) is 30.5 Å². The molecule has 1 aliphatic rings. The summed E-state index contributed by atoms with van der Waals surface area (Å²) in [5.74, 6) is 0.643. The summed E-state index contributed by atoms with van der Waals surface area (Å²) in [6, 6.07) is 7.60. The van der Waals surface area contributed by atoms with Crippen molar-refractivity contribution in [2.75, 3.05) is 13.7 Å². The zero-order valence-electron chi connectivity index (χ0n) is 9.89. The van der Waals surface area contributed by atoms with E-state index in [0.29, 0.717) is 13.0 Å². The molecule has 0 amide bonds. The molecule has 18 heavy (non-hydrogen) atoms. The van der Waals surface area contributed by atoms with Gasteiger partial charge in [0, 0.05) is 13.0 Å². The molecule has 1 aromatic rings. The van der Waals surface area contributed by atoms with Crippen LogP contribution in [0.4, 0.5) is 0 Å². The highest BCUT2D eigenvalue weighted by molar-refractivity contribution is 14.1. The summed E-state index contributed by atoms with van der Waals surface area (Å²) >= 11 is 2.24. The topological polar surface area (TPSA) is 47.6 Å². The molecule has 0 unspecified atom stereocenters. The van der Waals surface area contributed by atoms with E-state index in [1.807, 2.05) is 24.3 Å². The number of esters is 1. The maximum absolute atomic E-state index is 11.3. The Kier molecular flexibility index (Phi) is 6.17. The lowest BCUT2D eigenvalue weighted by Gasteiger charge is -2.13. The normalized spacial score (nSPS) is 22.1. The Morgan fingerprint density at radius 2 is 2.17 bits per heavy atom. The fourth-order valence-electron chi connectivity index (χ4n) is 1.83. The van der Waals surface area contributed by atoms with E-state index in [0.717, 1.165) is 9.32 Å². The molecule has 0 radical (unpaired) electrons. The van der Waals surface area contributed by atoms with Crippen molar-refractivity contribution in [2.24, 2.45) is 0 Å². The third-order valence-electron chi connectivity index (χ3n) is 2.71. The van der Waals surface area contributed by atoms with E-state index in [9.17, 15) is 4.79 Å². The fraction of sp³-hybridized carbons (Fsp3) is 0.417. The first-order valence-electron chi connectivity index (χ1n) is 5.43. The van der Waals surface area contributed by atoms with E-state index in [2.05, 4.69) is 27.9 Å². The Balaban J connectivity index is 0.00000162. The number of rotatable bonds is 3. The summed E-state index contributed by atoms with van der Waals surface area (Å²) < 4.78 is 11.6. The van der Waals surface area contributed by atoms with Gasteiger partial charge in [-0.3, -0.25) is 4.79 Å². The van der Waals surface area contributed by atoms with Crippen molar-refractivity contribution >= 4 is 41.0 Å². The lowest BCUT2D eigenvalue weighted by molar-refractivity contribution is -0.142. The predicted molar refractivity (Wildman–Crippen MR) is 79.2 cm³/mol. The summed E-state index contributed by atoms with van der Waals surface area (Å²) in [5.41, 5.74) is 0. The highest BCUT2D eigenvalue weighted by Gasteiger charge is 2.31. The minimum absolute atomic E-state index is 0. The van der Waals surface area contributed by atoms with Gasteiger partial charge < -0.3 is 14.8 Å². The number of carbonyl (C=O) groups is 1. The molecular weight excluding hydrogens is 368 g/mol. The van der Waals surface area contributed by atoms with Crippen LogP contribution in [0.15, 0.2) is 24.3 Å². The van der Waals surface area contributed by atoms with Crippen LogP contribution in [-0.4, -0.2) is 31.8 Å². The smallest absolute Gasteiger partial charge is 0.323 e. The first-order valence-corrected chi connectivity index (χ1v) is 6.51. The van der Waals surface area contributed by atoms with E-state index >= 15 is 0 Å². The van der Waals surface area contributed by atoms with Gasteiger partial charge in [0.05, 0.1) is 10.7 Å². The van der Waals surface area contributed by atoms with Crippen LogP contribution in [-0.2, 0) is 9.53 Å². The van der Waals surface area contributed by atoms with Gasteiger partial charge in [0.15, 0.2) is 0 Å². The van der Waals surface area contributed by atoms with Crippen molar-refractivity contribution in [1.82, 2.24) is 5.32 Å². The third kappa shape index (κ3) is 3.73. The van der Waals surface area contributed by atoms with Gasteiger partial charge in [-0.15, -0.1) is 12.4 Å². The predicted octanol–water partition coefficient (Wildman–Crippen LogP) is 2.00. The van der Waals surface area contributed by atoms with Crippen LogP contribution in [0, 0.1) is 3.57 Å². The molecule has 0 saturated carbocycles. The van der Waals surface area contributed by atoms with Crippen LogP contribution < -0.4 is 10.1 Å². The van der Waals surface area contributed by atoms with Crippen molar-refractivity contribution in [3.63, 3.8) is 0 Å². The third-order valence-corrected chi connectivity index (χ3v) is 3.60. The fourth-order valence-corrected chi connectivity index (χ4v) is 2.35. The number of benzene rings is 1. The number of hydrogen-bond acceptors (Lipinski definition) is 4. The lowest BCUT2D eigenvalue weighted by atomic mass is 10.2. The number of hydrogen-bond donors (Lipinski definition) is 1.